The molecule has 6 nitrogen and oxygen atoms in total. The number of benzene rings is 1. The lowest BCUT2D eigenvalue weighted by molar-refractivity contribution is 0.380. The molecule has 1 aromatic carbocycles. The third-order valence-electron chi connectivity index (χ3n) is 3.99. The smallest absolute Gasteiger partial charge is 0.191 e. The molecular formula is C16H22ClIN6. The van der Waals surface area contributed by atoms with Crippen molar-refractivity contribution in [1.29, 1.82) is 0 Å². The Labute approximate surface area is 164 Å². The quantitative estimate of drug-likeness (QED) is 0.432. The van der Waals surface area contributed by atoms with E-state index in [0.717, 1.165) is 37.7 Å². The van der Waals surface area contributed by atoms with E-state index in [9.17, 15) is 0 Å². The van der Waals surface area contributed by atoms with Crippen LogP contribution in [0, 0.1) is 0 Å². The lowest BCUT2D eigenvalue weighted by Gasteiger charge is -2.36. The Morgan fingerprint density at radius 2 is 1.88 bits per heavy atom. The van der Waals surface area contributed by atoms with Crippen molar-refractivity contribution in [3.8, 4) is 0 Å². The molecule has 2 heterocycles. The van der Waals surface area contributed by atoms with E-state index < -0.39 is 0 Å². The second-order valence-electron chi connectivity index (χ2n) is 5.49. The standard InChI is InChI=1S/C16H21ClN6.HI/c17-14-1-3-15(4-2-14)22-9-11-23(12-10-22)16(18)20-6-8-21-7-5-19-13-21;/h1-5,7,13H,6,8-12H2,(H2,18,20);1H. The maximum Gasteiger partial charge on any atom is 0.191 e. The molecule has 0 bridgehead atoms. The highest BCUT2D eigenvalue weighted by molar-refractivity contribution is 14.0. The number of hydrogen-bond donors (Lipinski definition) is 1. The fourth-order valence-electron chi connectivity index (χ4n) is 2.64. The number of halogens is 2. The van der Waals surface area contributed by atoms with E-state index in [4.69, 9.17) is 17.3 Å². The zero-order valence-corrected chi connectivity index (χ0v) is 16.5. The second-order valence-corrected chi connectivity index (χ2v) is 5.93. The van der Waals surface area contributed by atoms with Crippen molar-refractivity contribution in [1.82, 2.24) is 14.5 Å². The van der Waals surface area contributed by atoms with Gasteiger partial charge in [-0.2, -0.15) is 0 Å². The molecule has 8 heteroatoms. The van der Waals surface area contributed by atoms with Gasteiger partial charge in [0.2, 0.25) is 0 Å². The molecular weight excluding hydrogens is 439 g/mol. The molecule has 0 aliphatic carbocycles. The Balaban J connectivity index is 0.00000208. The van der Waals surface area contributed by atoms with Crippen LogP contribution in [0.2, 0.25) is 5.02 Å². The minimum Gasteiger partial charge on any atom is -0.370 e. The van der Waals surface area contributed by atoms with Gasteiger partial charge >= 0.3 is 0 Å². The zero-order chi connectivity index (χ0) is 16.1. The van der Waals surface area contributed by atoms with Crippen molar-refractivity contribution in [3.05, 3.63) is 48.0 Å². The van der Waals surface area contributed by atoms with E-state index in [1.54, 1.807) is 12.5 Å². The summed E-state index contributed by atoms with van der Waals surface area (Å²) in [6.07, 6.45) is 5.48. The maximum atomic E-state index is 6.11. The van der Waals surface area contributed by atoms with Gasteiger partial charge in [0.05, 0.1) is 12.9 Å². The molecule has 0 spiro atoms. The van der Waals surface area contributed by atoms with Crippen LogP contribution in [0.1, 0.15) is 0 Å². The number of nitrogens with zero attached hydrogens (tertiary/aromatic N) is 5. The van der Waals surface area contributed by atoms with E-state index in [0.29, 0.717) is 12.5 Å². The van der Waals surface area contributed by atoms with Crippen molar-refractivity contribution >= 4 is 47.2 Å². The maximum absolute atomic E-state index is 6.11. The minimum atomic E-state index is 0. The summed E-state index contributed by atoms with van der Waals surface area (Å²) in [5.41, 5.74) is 7.31. The number of aliphatic imine (C=N–C) groups is 1. The van der Waals surface area contributed by atoms with Gasteiger partial charge in [-0.1, -0.05) is 11.6 Å². The van der Waals surface area contributed by atoms with E-state index >= 15 is 0 Å². The lowest BCUT2D eigenvalue weighted by atomic mass is 10.2. The molecule has 2 aromatic rings. The minimum absolute atomic E-state index is 0. The molecule has 0 atom stereocenters. The van der Waals surface area contributed by atoms with Gasteiger partial charge in [0.15, 0.2) is 5.96 Å². The van der Waals surface area contributed by atoms with Crippen LogP contribution in [-0.2, 0) is 6.54 Å². The van der Waals surface area contributed by atoms with Gasteiger partial charge in [0.1, 0.15) is 0 Å². The summed E-state index contributed by atoms with van der Waals surface area (Å²) in [5, 5.41) is 0.765. The molecule has 24 heavy (non-hydrogen) atoms. The van der Waals surface area contributed by atoms with Crippen molar-refractivity contribution < 1.29 is 0 Å². The lowest BCUT2D eigenvalue weighted by Crippen LogP contribution is -2.51. The number of rotatable bonds is 4. The van der Waals surface area contributed by atoms with Gasteiger partial charge in [-0.25, -0.2) is 4.98 Å². The monoisotopic (exact) mass is 460 g/mol. The van der Waals surface area contributed by atoms with Crippen molar-refractivity contribution in [3.63, 3.8) is 0 Å². The highest BCUT2D eigenvalue weighted by Gasteiger charge is 2.18. The number of hydrogen-bond acceptors (Lipinski definition) is 3. The predicted octanol–water partition coefficient (Wildman–Crippen LogP) is 2.29. The van der Waals surface area contributed by atoms with E-state index in [2.05, 4.69) is 31.9 Å². The van der Waals surface area contributed by atoms with Crippen molar-refractivity contribution in [2.24, 2.45) is 10.7 Å². The first-order valence-corrected chi connectivity index (χ1v) is 8.11. The summed E-state index contributed by atoms with van der Waals surface area (Å²) in [4.78, 5) is 13.0. The molecule has 3 rings (SSSR count). The summed E-state index contributed by atoms with van der Waals surface area (Å²) in [7, 11) is 0. The fraction of sp³-hybridized carbons (Fsp3) is 0.375. The molecule has 130 valence electrons. The first-order valence-electron chi connectivity index (χ1n) is 7.73. The SMILES string of the molecule is I.NC(=NCCn1ccnc1)N1CCN(c2ccc(Cl)cc2)CC1. The van der Waals surface area contributed by atoms with Crippen LogP contribution in [0.3, 0.4) is 0 Å². The Kier molecular flexibility index (Phi) is 7.16. The van der Waals surface area contributed by atoms with Crippen molar-refractivity contribution in [2.75, 3.05) is 37.6 Å². The third kappa shape index (κ3) is 5.01. The summed E-state index contributed by atoms with van der Waals surface area (Å²) >= 11 is 5.94. The molecule has 0 unspecified atom stereocenters. The normalized spacial score (nSPS) is 15.3. The Morgan fingerprint density at radius 1 is 1.17 bits per heavy atom. The van der Waals surface area contributed by atoms with Crippen LogP contribution in [0.5, 0.6) is 0 Å². The molecule has 2 N–H and O–H groups in total. The van der Waals surface area contributed by atoms with Crippen molar-refractivity contribution in [2.45, 2.75) is 6.54 Å². The first kappa shape index (κ1) is 18.9. The topological polar surface area (TPSA) is 62.7 Å². The van der Waals surface area contributed by atoms with Gasteiger partial charge in [0, 0.05) is 55.8 Å². The average Bonchev–Trinajstić information content (AvgIpc) is 3.09. The molecule has 1 saturated heterocycles. The Hall–Kier alpha value is -1.48. The first-order chi connectivity index (χ1) is 11.2. The molecule has 1 aromatic heterocycles. The van der Waals surface area contributed by atoms with Crippen LogP contribution in [-0.4, -0.2) is 53.1 Å². The van der Waals surface area contributed by atoms with Crippen LogP contribution in [0.4, 0.5) is 5.69 Å². The van der Waals surface area contributed by atoms with E-state index in [-0.39, 0.29) is 24.0 Å². The van der Waals surface area contributed by atoms with Crippen LogP contribution in [0.25, 0.3) is 0 Å². The number of imidazole rings is 1. The van der Waals surface area contributed by atoms with Gasteiger partial charge in [0.25, 0.3) is 0 Å². The second kappa shape index (κ2) is 9.12. The van der Waals surface area contributed by atoms with Gasteiger partial charge in [-0.15, -0.1) is 24.0 Å². The summed E-state index contributed by atoms with van der Waals surface area (Å²) in [6.45, 7) is 5.08. The average molecular weight is 461 g/mol. The van der Waals surface area contributed by atoms with Gasteiger partial charge in [-0.05, 0) is 24.3 Å². The Morgan fingerprint density at radius 3 is 2.50 bits per heavy atom. The number of nitrogens with two attached hydrogens (primary N) is 1. The zero-order valence-electron chi connectivity index (χ0n) is 13.4. The molecule has 0 saturated carbocycles. The highest BCUT2D eigenvalue weighted by Crippen LogP contribution is 2.19. The van der Waals surface area contributed by atoms with Crippen LogP contribution >= 0.6 is 35.6 Å². The molecule has 1 aliphatic heterocycles. The number of anilines is 1. The summed E-state index contributed by atoms with van der Waals surface area (Å²) < 4.78 is 2.00. The Bertz CT molecular complexity index is 635. The largest absolute Gasteiger partial charge is 0.370 e. The van der Waals surface area contributed by atoms with E-state index in [1.165, 1.54) is 5.69 Å². The predicted molar refractivity (Wildman–Crippen MR) is 109 cm³/mol. The third-order valence-corrected chi connectivity index (χ3v) is 4.24. The molecule has 0 radical (unpaired) electrons. The van der Waals surface area contributed by atoms with E-state index in [1.807, 2.05) is 22.9 Å². The van der Waals surface area contributed by atoms with Crippen LogP contribution < -0.4 is 10.6 Å². The summed E-state index contributed by atoms with van der Waals surface area (Å²) in [6, 6.07) is 7.96. The molecule has 1 aliphatic rings. The van der Waals surface area contributed by atoms with Crippen LogP contribution in [0.15, 0.2) is 48.0 Å². The van der Waals surface area contributed by atoms with Gasteiger partial charge in [-0.3, -0.25) is 4.99 Å². The molecule has 0 amide bonds. The number of aromatic nitrogens is 2. The fourth-order valence-corrected chi connectivity index (χ4v) is 2.77. The number of guanidine groups is 1. The summed E-state index contributed by atoms with van der Waals surface area (Å²) in [5.74, 6) is 0.626. The highest BCUT2D eigenvalue weighted by atomic mass is 127. The molecule has 1 fully saturated rings. The van der Waals surface area contributed by atoms with Gasteiger partial charge < -0.3 is 20.1 Å². The number of piperazine rings is 1.